The maximum atomic E-state index is 10.1. The highest BCUT2D eigenvalue weighted by Gasteiger charge is 2.11. The lowest BCUT2D eigenvalue weighted by atomic mass is 10.2. The van der Waals surface area contributed by atoms with Crippen molar-refractivity contribution in [2.75, 3.05) is 38.2 Å². The molecule has 0 bridgehead atoms. The third kappa shape index (κ3) is 5.91. The third-order valence-corrected chi connectivity index (χ3v) is 3.65. The molecule has 1 heterocycles. The number of carbonyl (C=O) groups excluding carboxylic acids is 1. The summed E-state index contributed by atoms with van der Waals surface area (Å²) in [6.07, 6.45) is 0. The van der Waals surface area contributed by atoms with E-state index in [4.69, 9.17) is 4.74 Å². The first-order valence-corrected chi connectivity index (χ1v) is 7.68. The van der Waals surface area contributed by atoms with E-state index in [1.165, 1.54) is 30.9 Å². The predicted octanol–water partition coefficient (Wildman–Crippen LogP) is -0.696. The van der Waals surface area contributed by atoms with E-state index in [9.17, 15) is 9.90 Å². The molecule has 130 valence electrons. The summed E-state index contributed by atoms with van der Waals surface area (Å²) in [6, 6.07) is 16.4. The fraction of sp³-hybridized carbons (Fsp3) is 0.278. The standard InChI is InChI=1S/C11H16N2O.C7H6O2.H2O/c1-14-11-4-2-10(3-5-11)13-8-6-12-7-9-13;8-7(9)6-4-2-1-3-5-6;/h2-5,12H,6-9H2,1H3;1-5H,(H,8,9);1H2. The number of nitrogens with two attached hydrogens (primary N) is 1. The number of hydrogen-bond donors (Lipinski definition) is 1. The molecule has 0 atom stereocenters. The molecule has 0 unspecified atom stereocenters. The second-order valence-corrected chi connectivity index (χ2v) is 5.20. The number of carboxylic acid groups (broad SMARTS) is 1. The Balaban J connectivity index is 0.000000252. The molecule has 1 saturated heterocycles. The van der Waals surface area contributed by atoms with Crippen molar-refractivity contribution in [3.63, 3.8) is 0 Å². The van der Waals surface area contributed by atoms with Gasteiger partial charge < -0.3 is 30.3 Å². The maximum absolute atomic E-state index is 10.1. The van der Waals surface area contributed by atoms with Crippen molar-refractivity contribution < 1.29 is 25.4 Å². The van der Waals surface area contributed by atoms with Gasteiger partial charge in [-0.15, -0.1) is 0 Å². The number of carboxylic acids is 1. The summed E-state index contributed by atoms with van der Waals surface area (Å²) in [4.78, 5) is 12.5. The van der Waals surface area contributed by atoms with Crippen LogP contribution in [0.25, 0.3) is 0 Å². The highest BCUT2D eigenvalue weighted by molar-refractivity contribution is 5.85. The Morgan fingerprint density at radius 2 is 1.62 bits per heavy atom. The number of piperazine rings is 1. The van der Waals surface area contributed by atoms with Gasteiger partial charge in [0.25, 0.3) is 0 Å². The molecule has 0 aliphatic carbocycles. The number of anilines is 1. The number of rotatable bonds is 3. The van der Waals surface area contributed by atoms with Crippen molar-refractivity contribution in [1.82, 2.24) is 0 Å². The molecular formula is C18H24N2O4. The van der Waals surface area contributed by atoms with Gasteiger partial charge in [-0.1, -0.05) is 30.3 Å². The molecule has 2 aromatic rings. The average molecular weight is 332 g/mol. The zero-order valence-corrected chi connectivity index (χ0v) is 13.8. The molecule has 4 N–H and O–H groups in total. The number of benzene rings is 2. The Labute approximate surface area is 142 Å². The smallest absolute Gasteiger partial charge is 0.119 e. The maximum Gasteiger partial charge on any atom is 0.119 e. The Kier molecular flexibility index (Phi) is 8.32. The molecule has 3 rings (SSSR count). The monoisotopic (exact) mass is 332 g/mol. The molecule has 0 saturated carbocycles. The van der Waals surface area contributed by atoms with Crippen LogP contribution in [-0.2, 0) is 0 Å². The Hall–Kier alpha value is -2.57. The Morgan fingerprint density at radius 3 is 2.08 bits per heavy atom. The fourth-order valence-electron chi connectivity index (χ4n) is 2.38. The summed E-state index contributed by atoms with van der Waals surface area (Å²) in [6.45, 7) is 4.69. The van der Waals surface area contributed by atoms with Crippen LogP contribution in [0.4, 0.5) is 5.69 Å². The SMILES string of the molecule is COc1ccc(N2CC[NH2+]CC2)cc1.O.O=C([O-])c1ccccc1. The van der Waals surface area contributed by atoms with Crippen LogP contribution in [0.5, 0.6) is 5.75 Å². The molecule has 1 aliphatic rings. The zero-order valence-electron chi connectivity index (χ0n) is 13.8. The van der Waals surface area contributed by atoms with Crippen LogP contribution in [0.3, 0.4) is 0 Å². The van der Waals surface area contributed by atoms with E-state index in [1.54, 1.807) is 25.3 Å². The first kappa shape index (κ1) is 19.5. The van der Waals surface area contributed by atoms with Gasteiger partial charge in [0.2, 0.25) is 0 Å². The minimum Gasteiger partial charge on any atom is -0.545 e. The van der Waals surface area contributed by atoms with Gasteiger partial charge in [-0.05, 0) is 29.8 Å². The Bertz CT molecular complexity index is 596. The van der Waals surface area contributed by atoms with Crippen LogP contribution in [0.1, 0.15) is 10.4 Å². The number of methoxy groups -OCH3 is 1. The Morgan fingerprint density at radius 1 is 1.04 bits per heavy atom. The van der Waals surface area contributed by atoms with Gasteiger partial charge in [-0.25, -0.2) is 0 Å². The van der Waals surface area contributed by atoms with E-state index in [1.807, 2.05) is 12.1 Å². The van der Waals surface area contributed by atoms with Crippen molar-refractivity contribution in [3.05, 3.63) is 60.2 Å². The fourth-order valence-corrected chi connectivity index (χ4v) is 2.38. The van der Waals surface area contributed by atoms with Crippen LogP contribution in [0, 0.1) is 0 Å². The molecule has 2 aromatic carbocycles. The summed E-state index contributed by atoms with van der Waals surface area (Å²) < 4.78 is 5.13. The summed E-state index contributed by atoms with van der Waals surface area (Å²) in [5.74, 6) is -0.201. The van der Waals surface area contributed by atoms with Gasteiger partial charge >= 0.3 is 0 Å². The molecule has 1 fully saturated rings. The topological polar surface area (TPSA) is 101 Å². The average Bonchev–Trinajstić information content (AvgIpc) is 2.64. The number of ether oxygens (including phenoxy) is 1. The van der Waals surface area contributed by atoms with Gasteiger partial charge in [-0.3, -0.25) is 0 Å². The largest absolute Gasteiger partial charge is 0.545 e. The lowest BCUT2D eigenvalue weighted by molar-refractivity contribution is -0.655. The molecule has 24 heavy (non-hydrogen) atoms. The first-order valence-electron chi connectivity index (χ1n) is 7.68. The number of aromatic carboxylic acids is 1. The third-order valence-electron chi connectivity index (χ3n) is 3.65. The van der Waals surface area contributed by atoms with Gasteiger partial charge in [0.15, 0.2) is 0 Å². The lowest BCUT2D eigenvalue weighted by Gasteiger charge is -2.27. The molecule has 0 amide bonds. The normalized spacial score (nSPS) is 13.1. The molecule has 0 aromatic heterocycles. The van der Waals surface area contributed by atoms with Crippen LogP contribution in [0.15, 0.2) is 54.6 Å². The van der Waals surface area contributed by atoms with E-state index >= 15 is 0 Å². The van der Waals surface area contributed by atoms with E-state index in [2.05, 4.69) is 22.3 Å². The van der Waals surface area contributed by atoms with E-state index in [-0.39, 0.29) is 11.0 Å². The summed E-state index contributed by atoms with van der Waals surface area (Å²) in [5, 5.41) is 12.5. The lowest BCUT2D eigenvalue weighted by Crippen LogP contribution is -2.89. The van der Waals surface area contributed by atoms with E-state index in [0.29, 0.717) is 0 Å². The minimum absolute atomic E-state index is 0. The van der Waals surface area contributed by atoms with Crippen molar-refractivity contribution in [2.24, 2.45) is 0 Å². The quantitative estimate of drug-likeness (QED) is 0.803. The van der Waals surface area contributed by atoms with Crippen LogP contribution >= 0.6 is 0 Å². The van der Waals surface area contributed by atoms with Gasteiger partial charge in [0.05, 0.1) is 39.3 Å². The number of nitrogens with zero attached hydrogens (tertiary/aromatic N) is 1. The summed E-state index contributed by atoms with van der Waals surface area (Å²) >= 11 is 0. The molecule has 6 nitrogen and oxygen atoms in total. The van der Waals surface area contributed by atoms with Gasteiger partial charge in [0, 0.05) is 5.69 Å². The molecule has 1 aliphatic heterocycles. The molecule has 0 spiro atoms. The van der Waals surface area contributed by atoms with Crippen molar-refractivity contribution in [1.29, 1.82) is 0 Å². The van der Waals surface area contributed by atoms with Crippen LogP contribution in [-0.4, -0.2) is 44.7 Å². The van der Waals surface area contributed by atoms with Gasteiger partial charge in [0.1, 0.15) is 5.75 Å². The number of quaternary nitrogens is 1. The number of carbonyl (C=O) groups is 1. The molecule has 6 heteroatoms. The summed E-state index contributed by atoms with van der Waals surface area (Å²) in [7, 11) is 1.70. The first-order chi connectivity index (χ1) is 11.2. The zero-order chi connectivity index (χ0) is 16.5. The van der Waals surface area contributed by atoms with E-state index in [0.717, 1.165) is 18.8 Å². The van der Waals surface area contributed by atoms with Crippen LogP contribution < -0.4 is 20.1 Å². The van der Waals surface area contributed by atoms with Crippen molar-refractivity contribution in [2.45, 2.75) is 0 Å². The second kappa shape index (κ2) is 10.3. The van der Waals surface area contributed by atoms with Crippen molar-refractivity contribution >= 4 is 11.7 Å². The van der Waals surface area contributed by atoms with Gasteiger partial charge in [-0.2, -0.15) is 0 Å². The summed E-state index contributed by atoms with van der Waals surface area (Å²) in [5.41, 5.74) is 1.52. The molecule has 0 radical (unpaired) electrons. The highest BCUT2D eigenvalue weighted by atomic mass is 16.5. The molecular weight excluding hydrogens is 308 g/mol. The minimum atomic E-state index is -1.13. The predicted molar refractivity (Wildman–Crippen MR) is 91.3 cm³/mol. The van der Waals surface area contributed by atoms with E-state index < -0.39 is 5.97 Å². The number of hydrogen-bond acceptors (Lipinski definition) is 4. The van der Waals surface area contributed by atoms with Crippen molar-refractivity contribution in [3.8, 4) is 5.75 Å². The van der Waals surface area contributed by atoms with Crippen LogP contribution in [0.2, 0.25) is 0 Å². The highest BCUT2D eigenvalue weighted by Crippen LogP contribution is 2.18. The second-order valence-electron chi connectivity index (χ2n) is 5.20.